The first-order chi connectivity index (χ1) is 9.06. The molecule has 0 spiro atoms. The molecule has 0 aliphatic carbocycles. The third-order valence-corrected chi connectivity index (χ3v) is 2.82. The van der Waals surface area contributed by atoms with Gasteiger partial charge in [-0.3, -0.25) is 4.79 Å². The Morgan fingerprint density at radius 1 is 1.16 bits per heavy atom. The van der Waals surface area contributed by atoms with Crippen LogP contribution in [0.15, 0.2) is 42.5 Å². The fourth-order valence-corrected chi connectivity index (χ4v) is 1.78. The summed E-state index contributed by atoms with van der Waals surface area (Å²) in [6, 6.07) is 11.6. The predicted molar refractivity (Wildman–Crippen MR) is 71.9 cm³/mol. The van der Waals surface area contributed by atoms with Gasteiger partial charge < -0.3 is 4.74 Å². The summed E-state index contributed by atoms with van der Waals surface area (Å²) >= 11 is 0. The van der Waals surface area contributed by atoms with Crippen molar-refractivity contribution in [1.29, 1.82) is 0 Å². The molecule has 0 heterocycles. The molecule has 2 aromatic rings. The molecule has 0 saturated carbocycles. The standard InChI is InChI=1S/C16H15FO2/c1-11-3-8-15(12(2)18)16(9-11)19-10-13-4-6-14(17)7-5-13/h3-9H,10H2,1-2H3. The highest BCUT2D eigenvalue weighted by Crippen LogP contribution is 2.22. The summed E-state index contributed by atoms with van der Waals surface area (Å²) < 4.78 is 18.4. The van der Waals surface area contributed by atoms with Crippen LogP contribution in [0.4, 0.5) is 4.39 Å². The van der Waals surface area contributed by atoms with Crippen LogP contribution in [0.2, 0.25) is 0 Å². The number of hydrogen-bond donors (Lipinski definition) is 0. The Hall–Kier alpha value is -2.16. The van der Waals surface area contributed by atoms with Gasteiger partial charge in [0.15, 0.2) is 5.78 Å². The normalized spacial score (nSPS) is 10.3. The topological polar surface area (TPSA) is 26.3 Å². The number of rotatable bonds is 4. The molecule has 0 unspecified atom stereocenters. The molecule has 0 fully saturated rings. The fourth-order valence-electron chi connectivity index (χ4n) is 1.78. The van der Waals surface area contributed by atoms with E-state index in [2.05, 4.69) is 0 Å². The molecule has 0 N–H and O–H groups in total. The van der Waals surface area contributed by atoms with Crippen molar-refractivity contribution in [2.45, 2.75) is 20.5 Å². The van der Waals surface area contributed by atoms with E-state index >= 15 is 0 Å². The van der Waals surface area contributed by atoms with Gasteiger partial charge in [-0.05, 0) is 49.2 Å². The zero-order valence-electron chi connectivity index (χ0n) is 10.9. The number of benzene rings is 2. The van der Waals surface area contributed by atoms with Crippen molar-refractivity contribution >= 4 is 5.78 Å². The summed E-state index contributed by atoms with van der Waals surface area (Å²) in [6.07, 6.45) is 0. The van der Waals surface area contributed by atoms with E-state index in [0.29, 0.717) is 17.9 Å². The molecule has 0 saturated heterocycles. The molecule has 2 nitrogen and oxygen atoms in total. The molecule has 0 amide bonds. The van der Waals surface area contributed by atoms with Crippen molar-refractivity contribution in [2.75, 3.05) is 0 Å². The summed E-state index contributed by atoms with van der Waals surface area (Å²) in [5.41, 5.74) is 2.45. The molecule has 19 heavy (non-hydrogen) atoms. The summed E-state index contributed by atoms with van der Waals surface area (Å²) in [4.78, 5) is 11.5. The molecular weight excluding hydrogens is 243 g/mol. The molecule has 3 heteroatoms. The number of Topliss-reactive ketones (excluding diaryl/α,β-unsaturated/α-hetero) is 1. The van der Waals surface area contributed by atoms with Gasteiger partial charge in [0.25, 0.3) is 0 Å². The van der Waals surface area contributed by atoms with Crippen molar-refractivity contribution < 1.29 is 13.9 Å². The highest BCUT2D eigenvalue weighted by atomic mass is 19.1. The minimum absolute atomic E-state index is 0.0332. The SMILES string of the molecule is CC(=O)c1ccc(C)cc1OCc1ccc(F)cc1. The third-order valence-electron chi connectivity index (χ3n) is 2.82. The third kappa shape index (κ3) is 3.41. The molecule has 0 aliphatic rings. The highest BCUT2D eigenvalue weighted by molar-refractivity contribution is 5.96. The molecule has 2 aromatic carbocycles. The molecule has 98 valence electrons. The molecule has 0 radical (unpaired) electrons. The van der Waals surface area contributed by atoms with Crippen LogP contribution in [0.1, 0.15) is 28.4 Å². The largest absolute Gasteiger partial charge is 0.488 e. The van der Waals surface area contributed by atoms with E-state index < -0.39 is 0 Å². The second kappa shape index (κ2) is 5.65. The lowest BCUT2D eigenvalue weighted by atomic mass is 10.1. The van der Waals surface area contributed by atoms with Crippen LogP contribution >= 0.6 is 0 Å². The quantitative estimate of drug-likeness (QED) is 0.777. The monoisotopic (exact) mass is 258 g/mol. The van der Waals surface area contributed by atoms with E-state index in [0.717, 1.165) is 11.1 Å². The highest BCUT2D eigenvalue weighted by Gasteiger charge is 2.08. The van der Waals surface area contributed by atoms with Crippen molar-refractivity contribution in [3.63, 3.8) is 0 Å². The van der Waals surface area contributed by atoms with Crippen molar-refractivity contribution in [3.8, 4) is 5.75 Å². The van der Waals surface area contributed by atoms with Gasteiger partial charge in [0, 0.05) is 0 Å². The average Bonchev–Trinajstić information content (AvgIpc) is 2.38. The zero-order chi connectivity index (χ0) is 13.8. The lowest BCUT2D eigenvalue weighted by Gasteiger charge is -2.10. The first-order valence-corrected chi connectivity index (χ1v) is 6.05. The molecule has 0 bridgehead atoms. The van der Waals surface area contributed by atoms with Crippen molar-refractivity contribution in [1.82, 2.24) is 0 Å². The van der Waals surface area contributed by atoms with Gasteiger partial charge in [-0.25, -0.2) is 4.39 Å². The first kappa shape index (κ1) is 13.3. The van der Waals surface area contributed by atoms with Gasteiger partial charge in [-0.15, -0.1) is 0 Å². The van der Waals surface area contributed by atoms with Crippen LogP contribution in [-0.4, -0.2) is 5.78 Å². The van der Waals surface area contributed by atoms with Crippen molar-refractivity contribution in [2.24, 2.45) is 0 Å². The maximum Gasteiger partial charge on any atom is 0.163 e. The van der Waals surface area contributed by atoms with E-state index in [1.807, 2.05) is 19.1 Å². The number of carbonyl (C=O) groups is 1. The number of carbonyl (C=O) groups excluding carboxylic acids is 1. The Morgan fingerprint density at radius 2 is 1.84 bits per heavy atom. The zero-order valence-corrected chi connectivity index (χ0v) is 10.9. The van der Waals surface area contributed by atoms with E-state index in [-0.39, 0.29) is 11.6 Å². The maximum absolute atomic E-state index is 12.8. The molecular formula is C16H15FO2. The smallest absolute Gasteiger partial charge is 0.163 e. The Morgan fingerprint density at radius 3 is 2.47 bits per heavy atom. The van der Waals surface area contributed by atoms with Crippen LogP contribution in [0.25, 0.3) is 0 Å². The Labute approximate surface area is 111 Å². The van der Waals surface area contributed by atoms with Gasteiger partial charge in [-0.1, -0.05) is 18.2 Å². The van der Waals surface area contributed by atoms with Gasteiger partial charge in [-0.2, -0.15) is 0 Å². The minimum Gasteiger partial charge on any atom is -0.488 e. The summed E-state index contributed by atoms with van der Waals surface area (Å²) in [7, 11) is 0. The van der Waals surface area contributed by atoms with Gasteiger partial charge in [0.1, 0.15) is 18.2 Å². The summed E-state index contributed by atoms with van der Waals surface area (Å²) in [5.74, 6) is 0.259. The van der Waals surface area contributed by atoms with Crippen LogP contribution in [0.3, 0.4) is 0 Å². The second-order valence-electron chi connectivity index (χ2n) is 4.47. The number of hydrogen-bond acceptors (Lipinski definition) is 2. The molecule has 2 rings (SSSR count). The number of ether oxygens (including phenoxy) is 1. The van der Waals surface area contributed by atoms with Crippen LogP contribution in [0, 0.1) is 12.7 Å². The average molecular weight is 258 g/mol. The van der Waals surface area contributed by atoms with Gasteiger partial charge >= 0.3 is 0 Å². The number of ketones is 1. The van der Waals surface area contributed by atoms with E-state index in [4.69, 9.17) is 4.74 Å². The van der Waals surface area contributed by atoms with E-state index in [1.54, 1.807) is 18.2 Å². The van der Waals surface area contributed by atoms with Crippen LogP contribution in [-0.2, 0) is 6.61 Å². The lowest BCUT2D eigenvalue weighted by molar-refractivity contribution is 0.101. The maximum atomic E-state index is 12.8. The second-order valence-corrected chi connectivity index (χ2v) is 4.47. The van der Waals surface area contributed by atoms with Crippen LogP contribution in [0.5, 0.6) is 5.75 Å². The van der Waals surface area contributed by atoms with Gasteiger partial charge in [0.05, 0.1) is 5.56 Å². The lowest BCUT2D eigenvalue weighted by Crippen LogP contribution is -2.02. The first-order valence-electron chi connectivity index (χ1n) is 6.05. The van der Waals surface area contributed by atoms with E-state index in [9.17, 15) is 9.18 Å². The van der Waals surface area contributed by atoms with Gasteiger partial charge in [0.2, 0.25) is 0 Å². The van der Waals surface area contributed by atoms with Crippen LogP contribution < -0.4 is 4.74 Å². The number of halogens is 1. The fraction of sp³-hybridized carbons (Fsp3) is 0.188. The summed E-state index contributed by atoms with van der Waals surface area (Å²) in [5, 5.41) is 0. The Kier molecular flexibility index (Phi) is 3.95. The Balaban J connectivity index is 2.16. The Bertz CT molecular complexity index is 588. The van der Waals surface area contributed by atoms with Crippen molar-refractivity contribution in [3.05, 3.63) is 65.0 Å². The molecule has 0 atom stereocenters. The number of aryl methyl sites for hydroxylation is 1. The molecule has 0 aromatic heterocycles. The van der Waals surface area contributed by atoms with E-state index in [1.165, 1.54) is 19.1 Å². The molecule has 0 aliphatic heterocycles. The minimum atomic E-state index is -0.274. The summed E-state index contributed by atoms with van der Waals surface area (Å²) in [6.45, 7) is 3.76. The predicted octanol–water partition coefficient (Wildman–Crippen LogP) is 3.92.